The van der Waals surface area contributed by atoms with Gasteiger partial charge >= 0.3 is 0 Å². The highest BCUT2D eigenvalue weighted by Gasteiger charge is 1.99. The van der Waals surface area contributed by atoms with Gasteiger partial charge in [0.1, 0.15) is 0 Å². The normalized spacial score (nSPS) is 15.9. The highest BCUT2D eigenvalue weighted by Crippen LogP contribution is 2.15. The Labute approximate surface area is 79.7 Å². The predicted octanol–water partition coefficient (Wildman–Crippen LogP) is 2.73. The number of aliphatic hydroxyl groups is 1. The van der Waals surface area contributed by atoms with Gasteiger partial charge < -0.3 is 5.11 Å². The van der Waals surface area contributed by atoms with E-state index < -0.39 is 0 Å². The van der Waals surface area contributed by atoms with E-state index in [1.165, 1.54) is 5.56 Å². The molecule has 0 saturated heterocycles. The molecule has 0 spiro atoms. The largest absolute Gasteiger partial charge is 0.389 e. The number of benzene rings is 1. The van der Waals surface area contributed by atoms with Gasteiger partial charge in [-0.1, -0.05) is 49.4 Å². The molecule has 0 bridgehead atoms. The van der Waals surface area contributed by atoms with Crippen molar-refractivity contribution in [2.24, 2.45) is 0 Å². The van der Waals surface area contributed by atoms with E-state index in [1.54, 1.807) is 6.92 Å². The lowest BCUT2D eigenvalue weighted by Crippen LogP contribution is -1.95. The van der Waals surface area contributed by atoms with Gasteiger partial charge in [0.15, 0.2) is 0 Å². The first-order valence-electron chi connectivity index (χ1n) is 4.61. The number of aliphatic hydroxyl groups excluding tert-OH is 1. The molecule has 1 rings (SSSR count). The maximum atomic E-state index is 9.06. The van der Waals surface area contributed by atoms with Gasteiger partial charge in [0, 0.05) is 0 Å². The molecule has 1 aromatic rings. The highest BCUT2D eigenvalue weighted by molar-refractivity contribution is 5.22. The molecule has 0 aliphatic heterocycles. The Balaban J connectivity index is 2.64. The SMILES string of the molecule is CC(O)C=CC(C)c1ccccc1. The summed E-state index contributed by atoms with van der Waals surface area (Å²) in [6, 6.07) is 10.3. The quantitative estimate of drug-likeness (QED) is 0.702. The minimum atomic E-state index is -0.355. The van der Waals surface area contributed by atoms with E-state index in [-0.39, 0.29) is 6.10 Å². The molecule has 0 amide bonds. The molecule has 1 heteroatoms. The molecule has 0 aliphatic rings. The zero-order chi connectivity index (χ0) is 9.68. The van der Waals surface area contributed by atoms with E-state index in [4.69, 9.17) is 5.11 Å². The molecular weight excluding hydrogens is 160 g/mol. The Morgan fingerprint density at radius 3 is 2.23 bits per heavy atom. The van der Waals surface area contributed by atoms with Gasteiger partial charge in [-0.15, -0.1) is 0 Å². The molecule has 13 heavy (non-hydrogen) atoms. The molecule has 0 heterocycles. The molecule has 0 fully saturated rings. The Hall–Kier alpha value is -1.08. The van der Waals surface area contributed by atoms with Gasteiger partial charge in [0.25, 0.3) is 0 Å². The molecule has 1 nitrogen and oxygen atoms in total. The summed E-state index contributed by atoms with van der Waals surface area (Å²) >= 11 is 0. The summed E-state index contributed by atoms with van der Waals surface area (Å²) in [5.74, 6) is 0.371. The standard InChI is InChI=1S/C12H16O/c1-10(8-9-11(2)13)12-6-4-3-5-7-12/h3-11,13H,1-2H3. The van der Waals surface area contributed by atoms with E-state index in [1.807, 2.05) is 30.4 Å². The monoisotopic (exact) mass is 176 g/mol. The summed E-state index contributed by atoms with van der Waals surface area (Å²) < 4.78 is 0. The van der Waals surface area contributed by atoms with Gasteiger partial charge in [-0.3, -0.25) is 0 Å². The lowest BCUT2D eigenvalue weighted by molar-refractivity contribution is 0.243. The minimum Gasteiger partial charge on any atom is -0.389 e. The van der Waals surface area contributed by atoms with Gasteiger partial charge in [-0.05, 0) is 18.4 Å². The summed E-state index contributed by atoms with van der Waals surface area (Å²) in [6.07, 6.45) is 3.49. The van der Waals surface area contributed by atoms with E-state index >= 15 is 0 Å². The third-order valence-corrected chi connectivity index (χ3v) is 2.00. The van der Waals surface area contributed by atoms with Crippen LogP contribution in [0.2, 0.25) is 0 Å². The van der Waals surface area contributed by atoms with E-state index in [9.17, 15) is 0 Å². The Morgan fingerprint density at radius 2 is 1.69 bits per heavy atom. The molecule has 2 atom stereocenters. The molecule has 0 aromatic heterocycles. The first-order valence-corrected chi connectivity index (χ1v) is 4.61. The van der Waals surface area contributed by atoms with Crippen LogP contribution in [0, 0.1) is 0 Å². The summed E-state index contributed by atoms with van der Waals surface area (Å²) in [6.45, 7) is 3.88. The second kappa shape index (κ2) is 4.83. The van der Waals surface area contributed by atoms with Crippen molar-refractivity contribution in [2.45, 2.75) is 25.9 Å². The number of rotatable bonds is 3. The fraction of sp³-hybridized carbons (Fsp3) is 0.333. The van der Waals surface area contributed by atoms with Crippen molar-refractivity contribution < 1.29 is 5.11 Å². The van der Waals surface area contributed by atoms with Crippen molar-refractivity contribution in [3.8, 4) is 0 Å². The lowest BCUT2D eigenvalue weighted by Gasteiger charge is -2.06. The third-order valence-electron chi connectivity index (χ3n) is 2.00. The van der Waals surface area contributed by atoms with Crippen LogP contribution < -0.4 is 0 Å². The van der Waals surface area contributed by atoms with Gasteiger partial charge in [-0.25, -0.2) is 0 Å². The van der Waals surface area contributed by atoms with E-state index in [0.29, 0.717) is 5.92 Å². The Morgan fingerprint density at radius 1 is 1.08 bits per heavy atom. The fourth-order valence-electron chi connectivity index (χ4n) is 1.20. The van der Waals surface area contributed by atoms with E-state index in [2.05, 4.69) is 19.1 Å². The zero-order valence-corrected chi connectivity index (χ0v) is 8.14. The molecule has 1 aromatic carbocycles. The fourth-order valence-corrected chi connectivity index (χ4v) is 1.20. The van der Waals surface area contributed by atoms with Crippen LogP contribution in [-0.4, -0.2) is 11.2 Å². The van der Waals surface area contributed by atoms with Crippen molar-refractivity contribution >= 4 is 0 Å². The van der Waals surface area contributed by atoms with Crippen molar-refractivity contribution in [1.29, 1.82) is 0 Å². The van der Waals surface area contributed by atoms with Crippen LogP contribution in [0.3, 0.4) is 0 Å². The second-order valence-electron chi connectivity index (χ2n) is 3.32. The number of hydrogen-bond acceptors (Lipinski definition) is 1. The number of hydrogen-bond donors (Lipinski definition) is 1. The maximum Gasteiger partial charge on any atom is 0.0692 e. The van der Waals surface area contributed by atoms with Crippen LogP contribution >= 0.6 is 0 Å². The maximum absolute atomic E-state index is 9.06. The summed E-state index contributed by atoms with van der Waals surface area (Å²) in [5, 5.41) is 9.06. The topological polar surface area (TPSA) is 20.2 Å². The third kappa shape index (κ3) is 3.43. The first kappa shape index (κ1) is 10.0. The smallest absolute Gasteiger partial charge is 0.0692 e. The van der Waals surface area contributed by atoms with Gasteiger partial charge in [-0.2, -0.15) is 0 Å². The Bertz CT molecular complexity index is 262. The number of allylic oxidation sites excluding steroid dienone is 1. The minimum absolute atomic E-state index is 0.355. The predicted molar refractivity (Wildman–Crippen MR) is 55.7 cm³/mol. The average Bonchev–Trinajstić information content (AvgIpc) is 2.15. The van der Waals surface area contributed by atoms with Crippen molar-refractivity contribution in [3.63, 3.8) is 0 Å². The van der Waals surface area contributed by atoms with Gasteiger partial charge in [0.2, 0.25) is 0 Å². The molecule has 2 unspecified atom stereocenters. The summed E-state index contributed by atoms with van der Waals surface area (Å²) in [4.78, 5) is 0. The highest BCUT2D eigenvalue weighted by atomic mass is 16.3. The van der Waals surface area contributed by atoms with Crippen LogP contribution in [-0.2, 0) is 0 Å². The van der Waals surface area contributed by atoms with Gasteiger partial charge in [0.05, 0.1) is 6.10 Å². The Kier molecular flexibility index (Phi) is 3.71. The molecule has 70 valence electrons. The lowest BCUT2D eigenvalue weighted by atomic mass is 10.0. The average molecular weight is 176 g/mol. The van der Waals surface area contributed by atoms with E-state index in [0.717, 1.165) is 0 Å². The van der Waals surface area contributed by atoms with Crippen LogP contribution in [0.5, 0.6) is 0 Å². The molecule has 0 saturated carbocycles. The first-order chi connectivity index (χ1) is 6.20. The van der Waals surface area contributed by atoms with Crippen LogP contribution in [0.4, 0.5) is 0 Å². The summed E-state index contributed by atoms with van der Waals surface area (Å²) in [7, 11) is 0. The zero-order valence-electron chi connectivity index (χ0n) is 8.14. The van der Waals surface area contributed by atoms with Crippen molar-refractivity contribution in [3.05, 3.63) is 48.0 Å². The summed E-state index contributed by atoms with van der Waals surface area (Å²) in [5.41, 5.74) is 1.28. The molecular formula is C12H16O. The second-order valence-corrected chi connectivity index (χ2v) is 3.32. The van der Waals surface area contributed by atoms with Crippen LogP contribution in [0.15, 0.2) is 42.5 Å². The molecule has 1 N–H and O–H groups in total. The van der Waals surface area contributed by atoms with Crippen LogP contribution in [0.25, 0.3) is 0 Å². The van der Waals surface area contributed by atoms with Crippen molar-refractivity contribution in [2.75, 3.05) is 0 Å². The molecule has 0 aliphatic carbocycles. The van der Waals surface area contributed by atoms with Crippen LogP contribution in [0.1, 0.15) is 25.3 Å². The van der Waals surface area contributed by atoms with Crippen molar-refractivity contribution in [1.82, 2.24) is 0 Å². The molecule has 0 radical (unpaired) electrons.